The first-order chi connectivity index (χ1) is 9.95. The van der Waals surface area contributed by atoms with Gasteiger partial charge in [-0.1, -0.05) is 6.92 Å². The number of aryl methyl sites for hydroxylation is 1. The lowest BCUT2D eigenvalue weighted by Crippen LogP contribution is -2.57. The number of nitrogens with zero attached hydrogens (tertiary/aromatic N) is 1. The van der Waals surface area contributed by atoms with Gasteiger partial charge in [0.05, 0.1) is 11.8 Å². The van der Waals surface area contributed by atoms with Gasteiger partial charge in [0.15, 0.2) is 0 Å². The maximum Gasteiger partial charge on any atom is 0.311 e. The summed E-state index contributed by atoms with van der Waals surface area (Å²) in [5.74, 6) is -1.47. The molecule has 0 aromatic carbocycles. The zero-order chi connectivity index (χ0) is 15.6. The van der Waals surface area contributed by atoms with Crippen LogP contribution in [0.5, 0.6) is 0 Å². The second-order valence-corrected chi connectivity index (χ2v) is 5.00. The van der Waals surface area contributed by atoms with Gasteiger partial charge in [0.1, 0.15) is 18.2 Å². The van der Waals surface area contributed by atoms with Crippen molar-refractivity contribution in [1.82, 2.24) is 10.2 Å². The van der Waals surface area contributed by atoms with Gasteiger partial charge in [0.25, 0.3) is 5.91 Å². The Morgan fingerprint density at radius 3 is 2.86 bits per heavy atom. The van der Waals surface area contributed by atoms with E-state index in [0.29, 0.717) is 25.1 Å². The van der Waals surface area contributed by atoms with Gasteiger partial charge in [-0.25, -0.2) is 0 Å². The van der Waals surface area contributed by atoms with Crippen LogP contribution < -0.4 is 5.32 Å². The molecule has 0 spiro atoms. The largest absolute Gasteiger partial charge is 0.481 e. The number of carbonyl (C=O) groups excluding carboxylic acids is 2. The molecule has 0 radical (unpaired) electrons. The van der Waals surface area contributed by atoms with E-state index in [1.165, 1.54) is 11.2 Å². The topological polar surface area (TPSA) is 99.9 Å². The van der Waals surface area contributed by atoms with E-state index in [4.69, 9.17) is 9.52 Å². The van der Waals surface area contributed by atoms with Crippen LogP contribution in [0.1, 0.15) is 35.0 Å². The van der Waals surface area contributed by atoms with Crippen molar-refractivity contribution in [2.75, 3.05) is 13.1 Å². The van der Waals surface area contributed by atoms with E-state index in [-0.39, 0.29) is 29.6 Å². The number of furan rings is 1. The molecule has 1 aromatic rings. The number of nitrogens with one attached hydrogen (secondary N) is 1. The standard InChI is InChI=1S/C14H18N2O5/c1-3-9-13(19)15-4-5-16(9)14(20)12-8(2)7-21-10(12)6-11(17)18/h7,9H,3-6H2,1-2H3,(H,15,19)(H,17,18). The highest BCUT2D eigenvalue weighted by Gasteiger charge is 2.34. The van der Waals surface area contributed by atoms with Gasteiger partial charge in [-0.3, -0.25) is 14.4 Å². The summed E-state index contributed by atoms with van der Waals surface area (Å²) in [5, 5.41) is 11.6. The van der Waals surface area contributed by atoms with Crippen LogP contribution in [0.2, 0.25) is 0 Å². The van der Waals surface area contributed by atoms with Crippen molar-refractivity contribution in [3.63, 3.8) is 0 Å². The van der Waals surface area contributed by atoms with E-state index >= 15 is 0 Å². The number of hydrogen-bond acceptors (Lipinski definition) is 4. The highest BCUT2D eigenvalue weighted by molar-refractivity contribution is 6.00. The zero-order valence-corrected chi connectivity index (χ0v) is 12.0. The third-order valence-corrected chi connectivity index (χ3v) is 3.56. The zero-order valence-electron chi connectivity index (χ0n) is 12.0. The molecule has 114 valence electrons. The summed E-state index contributed by atoms with van der Waals surface area (Å²) >= 11 is 0. The average Bonchev–Trinajstić information content (AvgIpc) is 2.78. The first-order valence-electron chi connectivity index (χ1n) is 6.83. The molecule has 1 aliphatic rings. The molecule has 0 aliphatic carbocycles. The fourth-order valence-electron chi connectivity index (χ4n) is 2.56. The first kappa shape index (κ1) is 15.1. The fourth-order valence-corrected chi connectivity index (χ4v) is 2.56. The average molecular weight is 294 g/mol. The molecule has 2 heterocycles. The minimum Gasteiger partial charge on any atom is -0.481 e. The maximum atomic E-state index is 12.7. The Labute approximate surface area is 121 Å². The summed E-state index contributed by atoms with van der Waals surface area (Å²) in [4.78, 5) is 36.9. The van der Waals surface area contributed by atoms with Gasteiger partial charge < -0.3 is 19.7 Å². The Balaban J connectivity index is 2.32. The Morgan fingerprint density at radius 1 is 1.52 bits per heavy atom. The lowest BCUT2D eigenvalue weighted by atomic mass is 10.0. The summed E-state index contributed by atoms with van der Waals surface area (Å²) < 4.78 is 5.19. The molecular formula is C14H18N2O5. The first-order valence-corrected chi connectivity index (χ1v) is 6.83. The van der Waals surface area contributed by atoms with Crippen molar-refractivity contribution >= 4 is 17.8 Å². The van der Waals surface area contributed by atoms with E-state index in [1.54, 1.807) is 6.92 Å². The summed E-state index contributed by atoms with van der Waals surface area (Å²) in [6.45, 7) is 4.32. The van der Waals surface area contributed by atoms with Gasteiger partial charge in [0, 0.05) is 18.7 Å². The van der Waals surface area contributed by atoms with E-state index in [0.717, 1.165) is 0 Å². The predicted molar refractivity (Wildman–Crippen MR) is 72.9 cm³/mol. The lowest BCUT2D eigenvalue weighted by molar-refractivity contribution is -0.136. The molecular weight excluding hydrogens is 276 g/mol. The Morgan fingerprint density at radius 2 is 2.24 bits per heavy atom. The highest BCUT2D eigenvalue weighted by Crippen LogP contribution is 2.22. The fraction of sp³-hybridized carbons (Fsp3) is 0.500. The van der Waals surface area contributed by atoms with Crippen LogP contribution in [0, 0.1) is 6.92 Å². The molecule has 2 rings (SSSR count). The third kappa shape index (κ3) is 2.91. The van der Waals surface area contributed by atoms with Gasteiger partial charge in [-0.2, -0.15) is 0 Å². The molecule has 2 amide bonds. The minimum atomic E-state index is -1.07. The molecule has 1 aliphatic heterocycles. The van der Waals surface area contributed by atoms with E-state index in [1.807, 2.05) is 6.92 Å². The monoisotopic (exact) mass is 294 g/mol. The molecule has 0 bridgehead atoms. The van der Waals surface area contributed by atoms with E-state index < -0.39 is 12.0 Å². The van der Waals surface area contributed by atoms with Crippen LogP contribution in [-0.4, -0.2) is 46.9 Å². The minimum absolute atomic E-state index is 0.130. The normalized spacial score (nSPS) is 18.5. The Hall–Kier alpha value is -2.31. The number of amides is 2. The molecule has 7 nitrogen and oxygen atoms in total. The lowest BCUT2D eigenvalue weighted by Gasteiger charge is -2.34. The predicted octanol–water partition coefficient (Wildman–Crippen LogP) is 0.566. The molecule has 1 unspecified atom stereocenters. The summed E-state index contributed by atoms with van der Waals surface area (Å²) in [6, 6.07) is -0.529. The second kappa shape index (κ2) is 5.99. The SMILES string of the molecule is CCC1C(=O)NCCN1C(=O)c1c(C)coc1CC(=O)O. The molecule has 0 saturated carbocycles. The van der Waals surface area contributed by atoms with Crippen molar-refractivity contribution < 1.29 is 23.9 Å². The van der Waals surface area contributed by atoms with Crippen molar-refractivity contribution in [1.29, 1.82) is 0 Å². The summed E-state index contributed by atoms with van der Waals surface area (Å²) in [6.07, 6.45) is 1.52. The second-order valence-electron chi connectivity index (χ2n) is 5.00. The van der Waals surface area contributed by atoms with Crippen molar-refractivity contribution in [3.8, 4) is 0 Å². The summed E-state index contributed by atoms with van der Waals surface area (Å²) in [7, 11) is 0. The summed E-state index contributed by atoms with van der Waals surface area (Å²) in [5.41, 5.74) is 0.836. The van der Waals surface area contributed by atoms with Gasteiger partial charge >= 0.3 is 5.97 Å². The van der Waals surface area contributed by atoms with Gasteiger partial charge in [-0.05, 0) is 13.3 Å². The number of hydrogen-bond donors (Lipinski definition) is 2. The number of carboxylic acid groups (broad SMARTS) is 1. The maximum absolute atomic E-state index is 12.7. The van der Waals surface area contributed by atoms with Crippen LogP contribution in [0.25, 0.3) is 0 Å². The van der Waals surface area contributed by atoms with Gasteiger partial charge in [0.2, 0.25) is 5.91 Å². The molecule has 21 heavy (non-hydrogen) atoms. The third-order valence-electron chi connectivity index (χ3n) is 3.56. The van der Waals surface area contributed by atoms with Crippen LogP contribution in [-0.2, 0) is 16.0 Å². The van der Waals surface area contributed by atoms with Crippen LogP contribution in [0.15, 0.2) is 10.7 Å². The number of rotatable bonds is 4. The molecule has 2 N–H and O–H groups in total. The van der Waals surface area contributed by atoms with Crippen LogP contribution in [0.3, 0.4) is 0 Å². The van der Waals surface area contributed by atoms with Crippen molar-refractivity contribution in [2.45, 2.75) is 32.7 Å². The van der Waals surface area contributed by atoms with Gasteiger partial charge in [-0.15, -0.1) is 0 Å². The highest BCUT2D eigenvalue weighted by atomic mass is 16.4. The number of aliphatic carboxylic acids is 1. The quantitative estimate of drug-likeness (QED) is 0.845. The van der Waals surface area contributed by atoms with Crippen LogP contribution in [0.4, 0.5) is 0 Å². The molecule has 1 atom stereocenters. The Kier molecular flexibility index (Phi) is 4.30. The molecule has 1 fully saturated rings. The van der Waals surface area contributed by atoms with Crippen molar-refractivity contribution in [2.24, 2.45) is 0 Å². The van der Waals surface area contributed by atoms with Crippen LogP contribution >= 0.6 is 0 Å². The number of carbonyl (C=O) groups is 3. The smallest absolute Gasteiger partial charge is 0.311 e. The van der Waals surface area contributed by atoms with Crippen molar-refractivity contribution in [3.05, 3.63) is 23.2 Å². The van der Waals surface area contributed by atoms with E-state index in [2.05, 4.69) is 5.32 Å². The molecule has 1 aromatic heterocycles. The number of piperazine rings is 1. The Bertz CT molecular complexity index is 578. The molecule has 1 saturated heterocycles. The molecule has 7 heteroatoms. The van der Waals surface area contributed by atoms with E-state index in [9.17, 15) is 14.4 Å². The number of carboxylic acids is 1.